The van der Waals surface area contributed by atoms with Crippen molar-refractivity contribution < 1.29 is 31.7 Å². The van der Waals surface area contributed by atoms with E-state index in [4.69, 9.17) is 13.7 Å². The Kier molecular flexibility index (Phi) is 9.12. The molecule has 0 bridgehead atoms. The third-order valence-corrected chi connectivity index (χ3v) is 9.01. The summed E-state index contributed by atoms with van der Waals surface area (Å²) in [6, 6.07) is 38.3. The topological polar surface area (TPSA) is 108 Å². The highest BCUT2D eigenvalue weighted by Gasteiger charge is 2.30. The van der Waals surface area contributed by atoms with Gasteiger partial charge in [0, 0.05) is 12.3 Å². The molecular formula is C37H31NO7S. The van der Waals surface area contributed by atoms with Crippen LogP contribution in [0.15, 0.2) is 138 Å². The number of ether oxygens (including phenoxy) is 2. The fourth-order valence-electron chi connectivity index (χ4n) is 5.48. The molecule has 1 N–H and O–H groups in total. The van der Waals surface area contributed by atoms with Crippen LogP contribution in [-0.4, -0.2) is 33.1 Å². The van der Waals surface area contributed by atoms with Gasteiger partial charge < -0.3 is 19.0 Å². The van der Waals surface area contributed by atoms with Crippen molar-refractivity contribution in [3.63, 3.8) is 0 Å². The van der Waals surface area contributed by atoms with Crippen molar-refractivity contribution >= 4 is 22.2 Å². The van der Waals surface area contributed by atoms with Crippen molar-refractivity contribution in [3.8, 4) is 16.9 Å². The molecule has 46 heavy (non-hydrogen) atoms. The van der Waals surface area contributed by atoms with Gasteiger partial charge in [-0.25, -0.2) is 9.59 Å². The van der Waals surface area contributed by atoms with Crippen LogP contribution in [0.1, 0.15) is 28.2 Å². The highest BCUT2D eigenvalue weighted by atomic mass is 32.2. The van der Waals surface area contributed by atoms with Crippen molar-refractivity contribution in [2.75, 3.05) is 6.61 Å². The van der Waals surface area contributed by atoms with E-state index in [1.165, 1.54) is 24.3 Å². The van der Waals surface area contributed by atoms with Gasteiger partial charge >= 0.3 is 22.2 Å². The van der Waals surface area contributed by atoms with Gasteiger partial charge in [-0.3, -0.25) is 0 Å². The zero-order valence-corrected chi connectivity index (χ0v) is 25.6. The first-order valence-corrected chi connectivity index (χ1v) is 16.2. The van der Waals surface area contributed by atoms with Gasteiger partial charge in [-0.15, -0.1) is 0 Å². The minimum atomic E-state index is -4.01. The van der Waals surface area contributed by atoms with E-state index in [9.17, 15) is 18.0 Å². The summed E-state index contributed by atoms with van der Waals surface area (Å²) in [6.07, 6.45) is -0.679. The van der Waals surface area contributed by atoms with Gasteiger partial charge in [-0.1, -0.05) is 109 Å². The van der Waals surface area contributed by atoms with Crippen molar-refractivity contribution in [1.29, 1.82) is 0 Å². The first-order chi connectivity index (χ1) is 22.4. The Labute approximate surface area is 267 Å². The summed E-state index contributed by atoms with van der Waals surface area (Å²) in [7, 11) is -4.01. The molecule has 9 heteroatoms. The Hall–Kier alpha value is -5.41. The second-order valence-corrected chi connectivity index (χ2v) is 12.4. The number of carbonyl (C=O) groups is 2. The first kappa shape index (κ1) is 30.6. The van der Waals surface area contributed by atoms with Gasteiger partial charge in [-0.2, -0.15) is 8.42 Å². The number of rotatable bonds is 11. The minimum absolute atomic E-state index is 0.0344. The standard InChI is InChI=1S/C37H31NO7S/c39-36(43-24-27-11-3-1-4-12-27)35(23-26-19-21-28(22-20-26)45-46(41,42)29-13-5-2-6-14-29)38-37(40)44-25-34-32-17-9-7-15-30(32)31-16-8-10-18-33(31)34/h1-22,34-35H,23-25H2,(H,38,40). The summed E-state index contributed by atoms with van der Waals surface area (Å²) in [5, 5.41) is 2.68. The average Bonchev–Trinajstić information content (AvgIpc) is 3.41. The number of amides is 1. The second kappa shape index (κ2) is 13.7. The quantitative estimate of drug-likeness (QED) is 0.128. The van der Waals surface area contributed by atoms with E-state index in [1.54, 1.807) is 30.3 Å². The molecule has 0 heterocycles. The molecule has 6 rings (SSSR count). The lowest BCUT2D eigenvalue weighted by molar-refractivity contribution is -0.147. The summed E-state index contributed by atoms with van der Waals surface area (Å²) in [6.45, 7) is 0.125. The second-order valence-electron chi connectivity index (χ2n) is 10.8. The zero-order valence-electron chi connectivity index (χ0n) is 24.7. The molecule has 0 fully saturated rings. The molecule has 0 radical (unpaired) electrons. The van der Waals surface area contributed by atoms with Crippen LogP contribution in [0, 0.1) is 0 Å². The normalized spacial score (nSPS) is 12.8. The lowest BCUT2D eigenvalue weighted by Crippen LogP contribution is -2.43. The van der Waals surface area contributed by atoms with Crippen LogP contribution in [0.3, 0.4) is 0 Å². The number of carbonyl (C=O) groups excluding carboxylic acids is 2. The third-order valence-electron chi connectivity index (χ3n) is 7.75. The van der Waals surface area contributed by atoms with Crippen LogP contribution in [0.25, 0.3) is 11.1 Å². The summed E-state index contributed by atoms with van der Waals surface area (Å²) in [4.78, 5) is 26.4. The van der Waals surface area contributed by atoms with Crippen LogP contribution in [0.4, 0.5) is 4.79 Å². The molecule has 0 aromatic heterocycles. The fraction of sp³-hybridized carbons (Fsp3) is 0.135. The molecule has 0 saturated carbocycles. The monoisotopic (exact) mass is 633 g/mol. The molecule has 8 nitrogen and oxygen atoms in total. The molecule has 0 saturated heterocycles. The van der Waals surface area contributed by atoms with Crippen molar-refractivity contribution in [3.05, 3.63) is 156 Å². The number of alkyl carbamates (subject to hydrolysis) is 1. The highest BCUT2D eigenvalue weighted by Crippen LogP contribution is 2.44. The van der Waals surface area contributed by atoms with Gasteiger partial charge in [0.2, 0.25) is 0 Å². The minimum Gasteiger partial charge on any atom is -0.459 e. The first-order valence-electron chi connectivity index (χ1n) is 14.8. The van der Waals surface area contributed by atoms with E-state index in [-0.39, 0.29) is 36.2 Å². The maximum Gasteiger partial charge on any atom is 0.407 e. The van der Waals surface area contributed by atoms with Gasteiger partial charge in [0.05, 0.1) is 0 Å². The van der Waals surface area contributed by atoms with E-state index < -0.39 is 28.2 Å². The molecule has 1 atom stereocenters. The number of fused-ring (bicyclic) bond motifs is 3. The molecule has 1 unspecified atom stereocenters. The Morgan fingerprint density at radius 1 is 0.652 bits per heavy atom. The van der Waals surface area contributed by atoms with E-state index in [1.807, 2.05) is 66.7 Å². The molecule has 5 aromatic rings. The largest absolute Gasteiger partial charge is 0.459 e. The number of benzene rings is 5. The molecule has 0 aliphatic heterocycles. The molecule has 1 amide bonds. The lowest BCUT2D eigenvalue weighted by atomic mass is 9.98. The Morgan fingerprint density at radius 3 is 1.85 bits per heavy atom. The Morgan fingerprint density at radius 2 is 1.22 bits per heavy atom. The van der Waals surface area contributed by atoms with Gasteiger partial charge in [-0.05, 0) is 57.6 Å². The van der Waals surface area contributed by atoms with Gasteiger partial charge in [0.25, 0.3) is 0 Å². The number of esters is 1. The fourth-order valence-corrected chi connectivity index (χ4v) is 6.43. The van der Waals surface area contributed by atoms with Gasteiger partial charge in [0.15, 0.2) is 0 Å². The summed E-state index contributed by atoms with van der Waals surface area (Å²) >= 11 is 0. The highest BCUT2D eigenvalue weighted by molar-refractivity contribution is 7.87. The maximum atomic E-state index is 13.3. The molecule has 1 aliphatic rings. The zero-order chi connectivity index (χ0) is 31.9. The summed E-state index contributed by atoms with van der Waals surface area (Å²) in [5.41, 5.74) is 5.82. The molecule has 232 valence electrons. The smallest absolute Gasteiger partial charge is 0.407 e. The van der Waals surface area contributed by atoms with Crippen molar-refractivity contribution in [2.45, 2.75) is 29.9 Å². The average molecular weight is 634 g/mol. The number of hydrogen-bond acceptors (Lipinski definition) is 7. The summed E-state index contributed by atoms with van der Waals surface area (Å²) < 4.78 is 41.7. The predicted molar refractivity (Wildman–Crippen MR) is 173 cm³/mol. The van der Waals surface area contributed by atoms with Crippen molar-refractivity contribution in [2.24, 2.45) is 0 Å². The van der Waals surface area contributed by atoms with E-state index in [2.05, 4.69) is 17.4 Å². The molecule has 0 spiro atoms. The third kappa shape index (κ3) is 7.11. The van der Waals surface area contributed by atoms with E-state index in [0.29, 0.717) is 5.56 Å². The van der Waals surface area contributed by atoms with Gasteiger partial charge in [0.1, 0.15) is 29.9 Å². The lowest BCUT2D eigenvalue weighted by Gasteiger charge is -2.19. The van der Waals surface area contributed by atoms with E-state index in [0.717, 1.165) is 27.8 Å². The summed E-state index contributed by atoms with van der Waals surface area (Å²) in [5.74, 6) is -0.661. The Balaban J connectivity index is 1.14. The SMILES string of the molecule is O=C(NC(Cc1ccc(OS(=O)(=O)c2ccccc2)cc1)C(=O)OCc1ccccc1)OCC1c2ccccc2-c2ccccc21. The van der Waals surface area contributed by atoms with Crippen LogP contribution in [0.5, 0.6) is 5.75 Å². The number of hydrogen-bond donors (Lipinski definition) is 1. The molecular weight excluding hydrogens is 602 g/mol. The maximum absolute atomic E-state index is 13.3. The van der Waals surface area contributed by atoms with Crippen LogP contribution in [0.2, 0.25) is 0 Å². The molecule has 1 aliphatic carbocycles. The Bertz CT molecular complexity index is 1880. The number of nitrogens with one attached hydrogen (secondary N) is 1. The van der Waals surface area contributed by atoms with Crippen LogP contribution >= 0.6 is 0 Å². The predicted octanol–water partition coefficient (Wildman–Crippen LogP) is 6.65. The van der Waals surface area contributed by atoms with Crippen LogP contribution in [-0.2, 0) is 37.4 Å². The van der Waals surface area contributed by atoms with E-state index >= 15 is 0 Å². The molecule has 5 aromatic carbocycles. The van der Waals surface area contributed by atoms with Crippen LogP contribution < -0.4 is 9.50 Å². The van der Waals surface area contributed by atoms with Crippen molar-refractivity contribution in [1.82, 2.24) is 5.32 Å².